The Morgan fingerprint density at radius 2 is 2.16 bits per heavy atom. The van der Waals surface area contributed by atoms with Gasteiger partial charge in [-0.1, -0.05) is 12.1 Å². The third-order valence-corrected chi connectivity index (χ3v) is 3.24. The molecule has 0 unspecified atom stereocenters. The SMILES string of the molecule is NC(=O)CN1C(=O)S/C(=C\c2cccc(F)c2)C1=O. The zero-order chi connectivity index (χ0) is 14.0. The number of amides is 3. The molecule has 98 valence electrons. The summed E-state index contributed by atoms with van der Waals surface area (Å²) in [4.78, 5) is 35.0. The van der Waals surface area contributed by atoms with Gasteiger partial charge < -0.3 is 5.73 Å². The van der Waals surface area contributed by atoms with Crippen molar-refractivity contribution in [3.8, 4) is 0 Å². The molecule has 2 N–H and O–H groups in total. The number of thioether (sulfide) groups is 1. The second-order valence-corrected chi connectivity index (χ2v) is 4.78. The Kier molecular flexibility index (Phi) is 3.66. The molecule has 3 amide bonds. The maximum atomic E-state index is 13.0. The average Bonchev–Trinajstić information content (AvgIpc) is 2.57. The van der Waals surface area contributed by atoms with Crippen molar-refractivity contribution in [2.45, 2.75) is 0 Å². The van der Waals surface area contributed by atoms with Crippen LogP contribution < -0.4 is 5.73 Å². The summed E-state index contributed by atoms with van der Waals surface area (Å²) in [6.45, 7) is -0.453. The number of carbonyl (C=O) groups is 3. The molecule has 1 heterocycles. The van der Waals surface area contributed by atoms with Gasteiger partial charge in [0.05, 0.1) is 4.91 Å². The van der Waals surface area contributed by atoms with Gasteiger partial charge in [-0.05, 0) is 35.5 Å². The average molecular weight is 280 g/mol. The number of primary amides is 1. The number of carbonyl (C=O) groups excluding carboxylic acids is 3. The van der Waals surface area contributed by atoms with Gasteiger partial charge in [-0.2, -0.15) is 0 Å². The molecule has 7 heteroatoms. The number of hydrogen-bond donors (Lipinski definition) is 1. The first-order valence-corrected chi connectivity index (χ1v) is 6.08. The lowest BCUT2D eigenvalue weighted by Crippen LogP contribution is -2.36. The van der Waals surface area contributed by atoms with Crippen LogP contribution in [-0.2, 0) is 9.59 Å². The van der Waals surface area contributed by atoms with Crippen LogP contribution in [0.15, 0.2) is 29.2 Å². The minimum Gasteiger partial charge on any atom is -0.368 e. The summed E-state index contributed by atoms with van der Waals surface area (Å²) in [6, 6.07) is 5.61. The Bertz CT molecular complexity index is 600. The minimum atomic E-state index is -0.769. The van der Waals surface area contributed by atoms with Crippen molar-refractivity contribution in [1.82, 2.24) is 4.90 Å². The van der Waals surface area contributed by atoms with Crippen LogP contribution in [0.25, 0.3) is 6.08 Å². The minimum absolute atomic E-state index is 0.136. The third-order valence-electron chi connectivity index (χ3n) is 2.33. The molecule has 0 aromatic heterocycles. The monoisotopic (exact) mass is 280 g/mol. The van der Waals surface area contributed by atoms with Gasteiger partial charge in [0.25, 0.3) is 11.1 Å². The van der Waals surface area contributed by atoms with Gasteiger partial charge in [-0.3, -0.25) is 19.3 Å². The summed E-state index contributed by atoms with van der Waals surface area (Å²) in [7, 11) is 0. The molecule has 0 aliphatic carbocycles. The molecule has 0 saturated carbocycles. The van der Waals surface area contributed by atoms with E-state index in [4.69, 9.17) is 5.73 Å². The Hall–Kier alpha value is -2.15. The van der Waals surface area contributed by atoms with Crippen LogP contribution in [0.4, 0.5) is 9.18 Å². The zero-order valence-corrected chi connectivity index (χ0v) is 10.4. The number of halogens is 1. The molecule has 0 bridgehead atoms. The summed E-state index contributed by atoms with van der Waals surface area (Å²) in [5.41, 5.74) is 5.41. The molecule has 0 spiro atoms. The predicted molar refractivity (Wildman–Crippen MR) is 68.3 cm³/mol. The first-order valence-electron chi connectivity index (χ1n) is 5.26. The van der Waals surface area contributed by atoms with Crippen molar-refractivity contribution >= 4 is 34.9 Å². The molecular weight excluding hydrogens is 271 g/mol. The lowest BCUT2D eigenvalue weighted by Gasteiger charge is -2.08. The number of benzene rings is 1. The highest BCUT2D eigenvalue weighted by Gasteiger charge is 2.35. The van der Waals surface area contributed by atoms with Crippen molar-refractivity contribution in [3.63, 3.8) is 0 Å². The Morgan fingerprint density at radius 1 is 1.42 bits per heavy atom. The van der Waals surface area contributed by atoms with Gasteiger partial charge >= 0.3 is 0 Å². The molecule has 0 radical (unpaired) electrons. The van der Waals surface area contributed by atoms with Crippen molar-refractivity contribution in [3.05, 3.63) is 40.6 Å². The molecule has 19 heavy (non-hydrogen) atoms. The molecule has 1 saturated heterocycles. The van der Waals surface area contributed by atoms with Crippen LogP contribution >= 0.6 is 11.8 Å². The van der Waals surface area contributed by atoms with Crippen molar-refractivity contribution in [2.75, 3.05) is 6.54 Å². The van der Waals surface area contributed by atoms with Crippen molar-refractivity contribution < 1.29 is 18.8 Å². The summed E-state index contributed by atoms with van der Waals surface area (Å²) in [6.07, 6.45) is 1.40. The van der Waals surface area contributed by atoms with Crippen molar-refractivity contribution in [1.29, 1.82) is 0 Å². The maximum Gasteiger partial charge on any atom is 0.294 e. The Balaban J connectivity index is 2.25. The fraction of sp³-hybridized carbons (Fsp3) is 0.0833. The van der Waals surface area contributed by atoms with Crippen LogP contribution in [0.2, 0.25) is 0 Å². The standard InChI is InChI=1S/C12H9FN2O3S/c13-8-3-1-2-7(4-8)5-9-11(17)15(6-10(14)16)12(18)19-9/h1-5H,6H2,(H2,14,16)/b9-5-. The summed E-state index contributed by atoms with van der Waals surface area (Å²) >= 11 is 0.693. The fourth-order valence-corrected chi connectivity index (χ4v) is 2.38. The first-order chi connectivity index (χ1) is 8.97. The molecule has 0 atom stereocenters. The highest BCUT2D eigenvalue weighted by atomic mass is 32.2. The number of hydrogen-bond acceptors (Lipinski definition) is 4. The quantitative estimate of drug-likeness (QED) is 0.847. The van der Waals surface area contributed by atoms with Crippen LogP contribution in [0, 0.1) is 5.82 Å². The number of rotatable bonds is 3. The molecular formula is C12H9FN2O3S. The van der Waals surface area contributed by atoms with E-state index >= 15 is 0 Å². The first kappa shape index (κ1) is 13.3. The van der Waals surface area contributed by atoms with Gasteiger partial charge in [0.2, 0.25) is 5.91 Å². The third kappa shape index (κ3) is 3.00. The van der Waals surface area contributed by atoms with Gasteiger partial charge in [-0.25, -0.2) is 4.39 Å². The highest BCUT2D eigenvalue weighted by Crippen LogP contribution is 2.31. The van der Waals surface area contributed by atoms with E-state index in [9.17, 15) is 18.8 Å². The Labute approximate surface area is 112 Å². The molecule has 1 aliphatic heterocycles. The highest BCUT2D eigenvalue weighted by molar-refractivity contribution is 8.18. The van der Waals surface area contributed by atoms with Crippen LogP contribution in [0.3, 0.4) is 0 Å². The van der Waals surface area contributed by atoms with E-state index in [1.54, 1.807) is 6.07 Å². The van der Waals surface area contributed by atoms with Gasteiger partial charge in [0, 0.05) is 0 Å². The number of imide groups is 1. The van der Waals surface area contributed by atoms with Crippen LogP contribution in [-0.4, -0.2) is 28.5 Å². The van der Waals surface area contributed by atoms with E-state index in [0.717, 1.165) is 4.90 Å². The molecule has 2 rings (SSSR count). The number of nitrogens with zero attached hydrogens (tertiary/aromatic N) is 1. The molecule has 1 fully saturated rings. The topological polar surface area (TPSA) is 80.5 Å². The van der Waals surface area contributed by atoms with E-state index in [0.29, 0.717) is 17.3 Å². The van der Waals surface area contributed by atoms with E-state index < -0.39 is 29.4 Å². The van der Waals surface area contributed by atoms with Crippen LogP contribution in [0.5, 0.6) is 0 Å². The summed E-state index contributed by atoms with van der Waals surface area (Å²) in [5, 5.41) is -0.563. The van der Waals surface area contributed by atoms with Gasteiger partial charge in [0.15, 0.2) is 0 Å². The van der Waals surface area contributed by atoms with Crippen molar-refractivity contribution in [2.24, 2.45) is 5.73 Å². The molecule has 1 aromatic rings. The molecule has 5 nitrogen and oxygen atoms in total. The van der Waals surface area contributed by atoms with E-state index in [-0.39, 0.29) is 4.91 Å². The predicted octanol–water partition coefficient (Wildman–Crippen LogP) is 1.35. The summed E-state index contributed by atoms with van der Waals surface area (Å²) in [5.74, 6) is -1.81. The smallest absolute Gasteiger partial charge is 0.294 e. The van der Waals surface area contributed by atoms with E-state index in [2.05, 4.69) is 0 Å². The number of nitrogens with two attached hydrogens (primary N) is 1. The fourth-order valence-electron chi connectivity index (χ4n) is 1.54. The molecule has 1 aliphatic rings. The zero-order valence-electron chi connectivity index (χ0n) is 9.63. The second kappa shape index (κ2) is 5.23. The van der Waals surface area contributed by atoms with Crippen LogP contribution in [0.1, 0.15) is 5.56 Å². The van der Waals surface area contributed by atoms with Gasteiger partial charge in [0.1, 0.15) is 12.4 Å². The van der Waals surface area contributed by atoms with E-state index in [1.807, 2.05) is 0 Å². The normalized spacial score (nSPS) is 17.3. The summed E-state index contributed by atoms with van der Waals surface area (Å²) < 4.78 is 13.0. The maximum absolute atomic E-state index is 13.0. The molecule has 1 aromatic carbocycles. The van der Waals surface area contributed by atoms with E-state index in [1.165, 1.54) is 24.3 Å². The Morgan fingerprint density at radius 3 is 2.79 bits per heavy atom. The lowest BCUT2D eigenvalue weighted by atomic mass is 10.2. The lowest BCUT2D eigenvalue weighted by molar-refractivity contribution is -0.127. The second-order valence-electron chi connectivity index (χ2n) is 3.79. The largest absolute Gasteiger partial charge is 0.368 e. The van der Waals surface area contributed by atoms with Gasteiger partial charge in [-0.15, -0.1) is 0 Å².